The van der Waals surface area contributed by atoms with Crippen LogP contribution in [-0.2, 0) is 0 Å². The Balaban J connectivity index is 2.58. The molecule has 0 aliphatic rings. The van der Waals surface area contributed by atoms with Crippen molar-refractivity contribution in [2.45, 2.75) is 13.0 Å². The van der Waals surface area contributed by atoms with E-state index in [0.29, 0.717) is 10.8 Å². The molecular formula is C11H11ClN2O. The molecule has 3 nitrogen and oxygen atoms in total. The van der Waals surface area contributed by atoms with Gasteiger partial charge in [0.1, 0.15) is 5.82 Å². The number of nitrogens with one attached hydrogen (secondary N) is 1. The van der Waals surface area contributed by atoms with Crippen molar-refractivity contribution in [2.24, 2.45) is 0 Å². The standard InChI is InChI=1S/C11H11ClN2O/c1-7(15)9-3-2-8(12)6-10(9)11-13-4-5-14-11/h2-7,15H,1H3,(H,13,14). The molecule has 1 heterocycles. The SMILES string of the molecule is CC(O)c1ccc(Cl)cc1-c1ncc[nH]1. The van der Waals surface area contributed by atoms with Crippen LogP contribution in [0.2, 0.25) is 5.02 Å². The minimum Gasteiger partial charge on any atom is -0.389 e. The van der Waals surface area contributed by atoms with Crippen LogP contribution in [0.4, 0.5) is 0 Å². The second kappa shape index (κ2) is 4.04. The Morgan fingerprint density at radius 1 is 1.47 bits per heavy atom. The summed E-state index contributed by atoms with van der Waals surface area (Å²) in [7, 11) is 0. The van der Waals surface area contributed by atoms with Gasteiger partial charge in [-0.2, -0.15) is 0 Å². The Bertz CT molecular complexity index is 452. The van der Waals surface area contributed by atoms with Crippen molar-refractivity contribution in [1.82, 2.24) is 9.97 Å². The topological polar surface area (TPSA) is 48.9 Å². The first-order valence-electron chi connectivity index (χ1n) is 4.66. The summed E-state index contributed by atoms with van der Waals surface area (Å²) in [5.74, 6) is 0.716. The number of hydrogen-bond donors (Lipinski definition) is 2. The number of aromatic nitrogens is 2. The van der Waals surface area contributed by atoms with Crippen molar-refractivity contribution in [1.29, 1.82) is 0 Å². The zero-order valence-corrected chi connectivity index (χ0v) is 8.99. The number of nitrogens with zero attached hydrogens (tertiary/aromatic N) is 1. The van der Waals surface area contributed by atoms with Gasteiger partial charge in [0.05, 0.1) is 6.10 Å². The maximum absolute atomic E-state index is 9.61. The van der Waals surface area contributed by atoms with E-state index in [1.165, 1.54) is 0 Å². The molecule has 0 aliphatic heterocycles. The Labute approximate surface area is 92.7 Å². The highest BCUT2D eigenvalue weighted by molar-refractivity contribution is 6.30. The molecule has 0 amide bonds. The van der Waals surface area contributed by atoms with Crippen LogP contribution in [-0.4, -0.2) is 15.1 Å². The van der Waals surface area contributed by atoms with Gasteiger partial charge in [0.2, 0.25) is 0 Å². The number of benzene rings is 1. The van der Waals surface area contributed by atoms with Crippen LogP contribution in [0.3, 0.4) is 0 Å². The van der Waals surface area contributed by atoms with E-state index in [1.54, 1.807) is 31.5 Å². The van der Waals surface area contributed by atoms with Gasteiger partial charge in [0.15, 0.2) is 0 Å². The molecule has 0 spiro atoms. The van der Waals surface area contributed by atoms with Crippen molar-refractivity contribution >= 4 is 11.6 Å². The molecule has 1 unspecified atom stereocenters. The molecule has 0 bridgehead atoms. The van der Waals surface area contributed by atoms with Crippen LogP contribution >= 0.6 is 11.6 Å². The largest absolute Gasteiger partial charge is 0.389 e. The van der Waals surface area contributed by atoms with Gasteiger partial charge in [0, 0.05) is 23.0 Å². The number of hydrogen-bond acceptors (Lipinski definition) is 2. The number of aliphatic hydroxyl groups excluding tert-OH is 1. The van der Waals surface area contributed by atoms with E-state index in [0.717, 1.165) is 11.1 Å². The first kappa shape index (κ1) is 10.2. The van der Waals surface area contributed by atoms with Crippen molar-refractivity contribution in [3.8, 4) is 11.4 Å². The van der Waals surface area contributed by atoms with Gasteiger partial charge in [-0.05, 0) is 24.6 Å². The lowest BCUT2D eigenvalue weighted by Crippen LogP contribution is -1.95. The highest BCUT2D eigenvalue weighted by Crippen LogP contribution is 2.28. The number of aromatic amines is 1. The maximum atomic E-state index is 9.61. The molecule has 0 fully saturated rings. The summed E-state index contributed by atoms with van der Waals surface area (Å²) in [6.45, 7) is 1.72. The number of imidazole rings is 1. The Kier molecular flexibility index (Phi) is 2.75. The molecule has 0 aliphatic carbocycles. The predicted octanol–water partition coefficient (Wildman–Crippen LogP) is 2.78. The van der Waals surface area contributed by atoms with Gasteiger partial charge in [-0.25, -0.2) is 4.98 Å². The Morgan fingerprint density at radius 2 is 2.27 bits per heavy atom. The smallest absolute Gasteiger partial charge is 0.137 e. The second-order valence-corrected chi connectivity index (χ2v) is 3.78. The molecule has 2 rings (SSSR count). The van der Waals surface area contributed by atoms with Gasteiger partial charge < -0.3 is 10.1 Å². The summed E-state index contributed by atoms with van der Waals surface area (Å²) in [6.07, 6.45) is 2.87. The summed E-state index contributed by atoms with van der Waals surface area (Å²) < 4.78 is 0. The van der Waals surface area contributed by atoms with E-state index in [-0.39, 0.29) is 0 Å². The third-order valence-electron chi connectivity index (χ3n) is 2.22. The fourth-order valence-corrected chi connectivity index (χ4v) is 1.68. The summed E-state index contributed by atoms with van der Waals surface area (Å²) >= 11 is 5.92. The zero-order chi connectivity index (χ0) is 10.8. The first-order chi connectivity index (χ1) is 7.18. The van der Waals surface area contributed by atoms with Gasteiger partial charge in [-0.3, -0.25) is 0 Å². The monoisotopic (exact) mass is 222 g/mol. The quantitative estimate of drug-likeness (QED) is 0.821. The van der Waals surface area contributed by atoms with E-state index in [1.807, 2.05) is 6.07 Å². The Morgan fingerprint density at radius 3 is 2.87 bits per heavy atom. The van der Waals surface area contributed by atoms with Crippen LogP contribution in [0.15, 0.2) is 30.6 Å². The average molecular weight is 223 g/mol. The molecule has 1 atom stereocenters. The molecule has 2 aromatic rings. The van der Waals surface area contributed by atoms with Gasteiger partial charge >= 0.3 is 0 Å². The minimum atomic E-state index is -0.539. The fourth-order valence-electron chi connectivity index (χ4n) is 1.51. The summed E-state index contributed by atoms with van der Waals surface area (Å²) in [4.78, 5) is 7.14. The van der Waals surface area contributed by atoms with E-state index in [9.17, 15) is 5.11 Å². The van der Waals surface area contributed by atoms with Crippen molar-refractivity contribution < 1.29 is 5.11 Å². The van der Waals surface area contributed by atoms with Crippen LogP contribution in [0, 0.1) is 0 Å². The molecule has 1 aromatic heterocycles. The van der Waals surface area contributed by atoms with Crippen LogP contribution in [0.25, 0.3) is 11.4 Å². The van der Waals surface area contributed by atoms with E-state index < -0.39 is 6.10 Å². The zero-order valence-electron chi connectivity index (χ0n) is 8.24. The summed E-state index contributed by atoms with van der Waals surface area (Å²) in [5.41, 5.74) is 1.65. The fraction of sp³-hybridized carbons (Fsp3) is 0.182. The lowest BCUT2D eigenvalue weighted by Gasteiger charge is -2.10. The minimum absolute atomic E-state index is 0.539. The third kappa shape index (κ3) is 2.03. The molecule has 0 saturated heterocycles. The number of halogens is 1. The number of H-pyrrole nitrogens is 1. The number of aliphatic hydroxyl groups is 1. The van der Waals surface area contributed by atoms with E-state index >= 15 is 0 Å². The second-order valence-electron chi connectivity index (χ2n) is 3.35. The van der Waals surface area contributed by atoms with Crippen LogP contribution in [0.1, 0.15) is 18.6 Å². The van der Waals surface area contributed by atoms with E-state index in [4.69, 9.17) is 11.6 Å². The summed E-state index contributed by atoms with van der Waals surface area (Å²) in [6, 6.07) is 5.36. The molecule has 0 radical (unpaired) electrons. The summed E-state index contributed by atoms with van der Waals surface area (Å²) in [5, 5.41) is 10.2. The first-order valence-corrected chi connectivity index (χ1v) is 5.03. The van der Waals surface area contributed by atoms with Crippen molar-refractivity contribution in [3.05, 3.63) is 41.2 Å². The molecule has 15 heavy (non-hydrogen) atoms. The molecule has 0 saturated carbocycles. The molecule has 4 heteroatoms. The molecular weight excluding hydrogens is 212 g/mol. The van der Waals surface area contributed by atoms with Crippen molar-refractivity contribution in [3.63, 3.8) is 0 Å². The number of rotatable bonds is 2. The maximum Gasteiger partial charge on any atom is 0.137 e. The predicted molar refractivity (Wildman–Crippen MR) is 59.7 cm³/mol. The molecule has 1 aromatic carbocycles. The lowest BCUT2D eigenvalue weighted by atomic mass is 10.0. The average Bonchev–Trinajstić information content (AvgIpc) is 2.69. The molecule has 78 valence electrons. The lowest BCUT2D eigenvalue weighted by molar-refractivity contribution is 0.200. The van der Waals surface area contributed by atoms with Crippen LogP contribution < -0.4 is 0 Å². The highest BCUT2D eigenvalue weighted by atomic mass is 35.5. The van der Waals surface area contributed by atoms with Gasteiger partial charge in [0.25, 0.3) is 0 Å². The van der Waals surface area contributed by atoms with Crippen molar-refractivity contribution in [2.75, 3.05) is 0 Å². The van der Waals surface area contributed by atoms with Gasteiger partial charge in [-0.15, -0.1) is 0 Å². The molecule has 2 N–H and O–H groups in total. The highest BCUT2D eigenvalue weighted by Gasteiger charge is 2.11. The van der Waals surface area contributed by atoms with E-state index in [2.05, 4.69) is 9.97 Å². The van der Waals surface area contributed by atoms with Gasteiger partial charge in [-0.1, -0.05) is 17.7 Å². The van der Waals surface area contributed by atoms with Crippen LogP contribution in [0.5, 0.6) is 0 Å². The third-order valence-corrected chi connectivity index (χ3v) is 2.45. The normalized spacial score (nSPS) is 12.7. The Hall–Kier alpha value is -1.32.